The number of hydrogen-bond donors (Lipinski definition) is 2. The second-order valence-corrected chi connectivity index (χ2v) is 13.6. The molecule has 0 aliphatic carbocycles. The first kappa shape index (κ1) is 22.8. The van der Waals surface area contributed by atoms with Crippen LogP contribution >= 0.6 is 95.8 Å². The molecule has 8 heteroatoms. The van der Waals surface area contributed by atoms with E-state index in [1.54, 1.807) is 0 Å². The molecule has 0 radical (unpaired) electrons. The predicted molar refractivity (Wildman–Crippen MR) is 129 cm³/mol. The highest BCUT2D eigenvalue weighted by Crippen LogP contribution is 2.42. The van der Waals surface area contributed by atoms with Crippen molar-refractivity contribution in [2.24, 2.45) is 0 Å². The van der Waals surface area contributed by atoms with Gasteiger partial charge < -0.3 is 0 Å². The van der Waals surface area contributed by atoms with Gasteiger partial charge in [-0.15, -0.1) is 23.5 Å². The fourth-order valence-electron chi connectivity index (χ4n) is 1.97. The van der Waals surface area contributed by atoms with E-state index in [9.17, 15) is 0 Å². The lowest BCUT2D eigenvalue weighted by Crippen LogP contribution is -2.31. The van der Waals surface area contributed by atoms with Crippen LogP contribution in [0.4, 0.5) is 0 Å². The van der Waals surface area contributed by atoms with E-state index >= 15 is 0 Å². The lowest BCUT2D eigenvalue weighted by Gasteiger charge is -2.34. The van der Waals surface area contributed by atoms with E-state index in [1.807, 2.05) is 23.5 Å². The highest BCUT2D eigenvalue weighted by molar-refractivity contribution is 8.19. The number of hydrogen-bond acceptors (Lipinski definition) is 8. The molecule has 0 nitrogen and oxygen atoms in total. The summed E-state index contributed by atoms with van der Waals surface area (Å²) >= 11 is 21.5. The van der Waals surface area contributed by atoms with Crippen molar-refractivity contribution in [3.05, 3.63) is 0 Å². The molecular formula is C14H28S8. The van der Waals surface area contributed by atoms with Crippen molar-refractivity contribution in [2.75, 3.05) is 57.5 Å². The summed E-state index contributed by atoms with van der Waals surface area (Å²) in [7, 11) is 0. The van der Waals surface area contributed by atoms with Gasteiger partial charge in [0.25, 0.3) is 0 Å². The zero-order valence-electron chi connectivity index (χ0n) is 13.1. The van der Waals surface area contributed by atoms with Gasteiger partial charge in [-0.25, -0.2) is 0 Å². The standard InChI is InChI=1S/C14H28S8/c1-12-13(20-11-10-19-12)14(21-8-6-17-4-2-15)22-9-7-18-5-3-16/h12-16H,2-11H2,1H3. The maximum absolute atomic E-state index is 4.29. The van der Waals surface area contributed by atoms with Gasteiger partial charge >= 0.3 is 0 Å². The zero-order valence-corrected chi connectivity index (χ0v) is 19.8. The Balaban J connectivity index is 2.31. The van der Waals surface area contributed by atoms with E-state index in [4.69, 9.17) is 0 Å². The minimum absolute atomic E-state index is 0.765. The summed E-state index contributed by atoms with van der Waals surface area (Å²) in [6.45, 7) is 2.43. The third-order valence-corrected chi connectivity index (χ3v) is 13.0. The van der Waals surface area contributed by atoms with Gasteiger partial charge in [0.15, 0.2) is 0 Å². The summed E-state index contributed by atoms with van der Waals surface area (Å²) < 4.78 is 0.765. The molecule has 2 atom stereocenters. The number of thioether (sulfide) groups is 6. The molecule has 0 N–H and O–H groups in total. The Bertz CT molecular complexity index is 239. The minimum atomic E-state index is 0.765. The fourth-order valence-corrected chi connectivity index (χ4v) is 11.2. The smallest absolute Gasteiger partial charge is 0.0632 e. The van der Waals surface area contributed by atoms with E-state index in [1.165, 1.54) is 46.0 Å². The number of thiol groups is 2. The monoisotopic (exact) mass is 452 g/mol. The van der Waals surface area contributed by atoms with Crippen LogP contribution in [-0.2, 0) is 0 Å². The summed E-state index contributed by atoms with van der Waals surface area (Å²) in [5.41, 5.74) is 0. The first-order valence-corrected chi connectivity index (χ1v) is 15.4. The van der Waals surface area contributed by atoms with Crippen molar-refractivity contribution in [3.63, 3.8) is 0 Å². The van der Waals surface area contributed by atoms with E-state index in [-0.39, 0.29) is 0 Å². The van der Waals surface area contributed by atoms with Crippen LogP contribution in [0.5, 0.6) is 0 Å². The normalized spacial score (nSPS) is 22.4. The fraction of sp³-hybridized carbons (Fsp3) is 1.00. The summed E-state index contributed by atoms with van der Waals surface area (Å²) in [5, 5.41) is 1.62. The van der Waals surface area contributed by atoms with Gasteiger partial charge in [0, 0.05) is 56.5 Å². The molecule has 1 aliphatic rings. The molecule has 1 saturated heterocycles. The molecule has 0 aromatic heterocycles. The van der Waals surface area contributed by atoms with Crippen molar-refractivity contribution in [1.82, 2.24) is 0 Å². The molecule has 1 rings (SSSR count). The van der Waals surface area contributed by atoms with Crippen LogP contribution < -0.4 is 0 Å². The van der Waals surface area contributed by atoms with E-state index < -0.39 is 0 Å². The molecule has 1 fully saturated rings. The Morgan fingerprint density at radius 2 is 1.41 bits per heavy atom. The molecule has 0 aromatic rings. The van der Waals surface area contributed by atoms with Gasteiger partial charge in [-0.3, -0.25) is 0 Å². The molecule has 0 bridgehead atoms. The summed E-state index contributed by atoms with van der Waals surface area (Å²) in [6, 6.07) is 0. The van der Waals surface area contributed by atoms with Crippen LogP contribution in [0.15, 0.2) is 0 Å². The van der Waals surface area contributed by atoms with Crippen molar-refractivity contribution in [2.45, 2.75) is 22.0 Å². The van der Waals surface area contributed by atoms with Gasteiger partial charge in [0.2, 0.25) is 0 Å². The molecule has 0 aromatic carbocycles. The van der Waals surface area contributed by atoms with E-state index in [0.717, 1.165) is 26.6 Å². The molecule has 1 heterocycles. The van der Waals surface area contributed by atoms with Crippen molar-refractivity contribution >= 4 is 95.8 Å². The van der Waals surface area contributed by atoms with Gasteiger partial charge in [0.05, 0.1) is 4.58 Å². The molecule has 0 saturated carbocycles. The summed E-state index contributed by atoms with van der Waals surface area (Å²) in [5.74, 6) is 12.2. The van der Waals surface area contributed by atoms with Crippen LogP contribution in [-0.4, -0.2) is 72.6 Å². The Morgan fingerprint density at radius 3 is 1.91 bits per heavy atom. The lowest BCUT2D eigenvalue weighted by atomic mass is 10.3. The van der Waals surface area contributed by atoms with Crippen molar-refractivity contribution in [3.8, 4) is 0 Å². The van der Waals surface area contributed by atoms with Crippen LogP contribution in [0, 0.1) is 0 Å². The van der Waals surface area contributed by atoms with E-state index in [2.05, 4.69) is 79.2 Å². The Morgan fingerprint density at radius 1 is 0.864 bits per heavy atom. The van der Waals surface area contributed by atoms with Crippen LogP contribution in [0.25, 0.3) is 0 Å². The number of rotatable bonds is 13. The van der Waals surface area contributed by atoms with Crippen molar-refractivity contribution < 1.29 is 0 Å². The van der Waals surface area contributed by atoms with E-state index in [0.29, 0.717) is 0 Å². The molecule has 0 spiro atoms. The van der Waals surface area contributed by atoms with Crippen molar-refractivity contribution in [1.29, 1.82) is 0 Å². The van der Waals surface area contributed by atoms with Gasteiger partial charge in [-0.05, 0) is 11.5 Å². The second kappa shape index (κ2) is 16.0. The highest BCUT2D eigenvalue weighted by atomic mass is 32.2. The first-order valence-electron chi connectivity index (χ1n) is 7.63. The molecular weight excluding hydrogens is 425 g/mol. The molecule has 132 valence electrons. The first-order chi connectivity index (χ1) is 10.8. The Hall–Kier alpha value is 2.80. The highest BCUT2D eigenvalue weighted by Gasteiger charge is 2.30. The van der Waals surface area contributed by atoms with Gasteiger partial charge in [-0.2, -0.15) is 72.3 Å². The van der Waals surface area contributed by atoms with Crippen LogP contribution in [0.2, 0.25) is 0 Å². The summed E-state index contributed by atoms with van der Waals surface area (Å²) in [4.78, 5) is 0. The van der Waals surface area contributed by atoms with Gasteiger partial charge in [0.1, 0.15) is 0 Å². The van der Waals surface area contributed by atoms with Crippen LogP contribution in [0.1, 0.15) is 6.92 Å². The average Bonchev–Trinajstić information content (AvgIpc) is 2.53. The molecule has 1 aliphatic heterocycles. The topological polar surface area (TPSA) is 0 Å². The minimum Gasteiger partial charge on any atom is -0.179 e. The Kier molecular flexibility index (Phi) is 16.6. The average molecular weight is 453 g/mol. The largest absolute Gasteiger partial charge is 0.179 e. The predicted octanol–water partition coefficient (Wildman–Crippen LogP) is 5.34. The Labute approximate surface area is 174 Å². The molecule has 22 heavy (non-hydrogen) atoms. The quantitative estimate of drug-likeness (QED) is 0.218. The zero-order chi connectivity index (χ0) is 16.0. The third-order valence-electron chi connectivity index (χ3n) is 3.00. The maximum Gasteiger partial charge on any atom is 0.0632 e. The third kappa shape index (κ3) is 10.7. The van der Waals surface area contributed by atoms with Gasteiger partial charge in [-0.1, -0.05) is 6.92 Å². The SMILES string of the molecule is CC1SCCSC1C(SCCSCCS)SCCSCCS. The molecule has 0 amide bonds. The lowest BCUT2D eigenvalue weighted by molar-refractivity contribution is 0.903. The maximum atomic E-state index is 4.29. The molecule has 2 unspecified atom stereocenters. The second-order valence-electron chi connectivity index (χ2n) is 4.69. The summed E-state index contributed by atoms with van der Waals surface area (Å²) in [6.07, 6.45) is 0. The van der Waals surface area contributed by atoms with Crippen LogP contribution in [0.3, 0.4) is 0 Å².